The summed E-state index contributed by atoms with van der Waals surface area (Å²) in [7, 11) is 0. The Hall–Kier alpha value is -2.12. The summed E-state index contributed by atoms with van der Waals surface area (Å²) in [5.74, 6) is 0.227. The van der Waals surface area contributed by atoms with Crippen LogP contribution in [0.5, 0.6) is 0 Å². The molecule has 4 rings (SSSR count). The number of carbonyl (C=O) groups is 2. The maximum atomic E-state index is 12.8. The van der Waals surface area contributed by atoms with Crippen LogP contribution in [0, 0.1) is 11.3 Å². The van der Waals surface area contributed by atoms with Gasteiger partial charge in [0.2, 0.25) is 11.8 Å². The van der Waals surface area contributed by atoms with Gasteiger partial charge in [-0.2, -0.15) is 5.10 Å². The van der Waals surface area contributed by atoms with Gasteiger partial charge in [0.25, 0.3) is 0 Å². The van der Waals surface area contributed by atoms with E-state index in [2.05, 4.69) is 34.6 Å². The van der Waals surface area contributed by atoms with Crippen LogP contribution in [0.4, 0.5) is 5.82 Å². The maximum absolute atomic E-state index is 12.8. The minimum Gasteiger partial charge on any atom is -0.354 e. The second-order valence-corrected chi connectivity index (χ2v) is 9.71. The first kappa shape index (κ1) is 23.5. The standard InChI is InChI=1S/C22H28ClN5O2.ClH/c1-13(29)26-15-6-4-5-14(7-15)21(30)27-20-8-16(18(23)11-24-20)17-10-25-28-12-22(2,3)9-19(17)28;/h8,10-11,14-15H,4-7,9,12H2,1-3H3,(H,26,29)(H,24,27,30);1H/t14-,15+;/m0./s1. The smallest absolute Gasteiger partial charge is 0.228 e. The first-order valence-electron chi connectivity index (χ1n) is 10.5. The fourth-order valence-corrected chi connectivity index (χ4v) is 4.87. The monoisotopic (exact) mass is 465 g/mol. The molecule has 1 fully saturated rings. The fourth-order valence-electron chi connectivity index (χ4n) is 4.66. The zero-order chi connectivity index (χ0) is 21.5. The molecule has 0 aromatic carbocycles. The number of amides is 2. The van der Waals surface area contributed by atoms with Crippen molar-refractivity contribution in [2.75, 3.05) is 5.32 Å². The van der Waals surface area contributed by atoms with Gasteiger partial charge < -0.3 is 10.6 Å². The fraction of sp³-hybridized carbons (Fsp3) is 0.545. The molecule has 3 heterocycles. The van der Waals surface area contributed by atoms with Crippen LogP contribution in [0.3, 0.4) is 0 Å². The number of halogens is 2. The quantitative estimate of drug-likeness (QED) is 0.706. The van der Waals surface area contributed by atoms with Crippen molar-refractivity contribution >= 4 is 41.6 Å². The van der Waals surface area contributed by atoms with Crippen LogP contribution in [-0.4, -0.2) is 32.6 Å². The van der Waals surface area contributed by atoms with Crippen LogP contribution in [0.1, 0.15) is 52.1 Å². The zero-order valence-electron chi connectivity index (χ0n) is 18.1. The summed E-state index contributed by atoms with van der Waals surface area (Å²) in [5, 5.41) is 10.9. The molecule has 1 aliphatic carbocycles. The summed E-state index contributed by atoms with van der Waals surface area (Å²) < 4.78 is 2.04. The number of fused-ring (bicyclic) bond motifs is 1. The number of aromatic nitrogens is 3. The molecule has 2 atom stereocenters. The Kier molecular flexibility index (Phi) is 6.96. The van der Waals surface area contributed by atoms with E-state index in [0.717, 1.165) is 49.0 Å². The molecule has 0 saturated heterocycles. The average Bonchev–Trinajstić information content (AvgIpc) is 3.18. The Morgan fingerprint density at radius 2 is 2.00 bits per heavy atom. The highest BCUT2D eigenvalue weighted by molar-refractivity contribution is 6.33. The predicted octanol–water partition coefficient (Wildman–Crippen LogP) is 4.24. The third kappa shape index (κ3) is 5.21. The Morgan fingerprint density at radius 1 is 1.23 bits per heavy atom. The van der Waals surface area contributed by atoms with Gasteiger partial charge in [0, 0.05) is 48.4 Å². The van der Waals surface area contributed by atoms with Crippen LogP contribution in [0.15, 0.2) is 18.5 Å². The number of anilines is 1. The summed E-state index contributed by atoms with van der Waals surface area (Å²) in [6, 6.07) is 1.89. The number of nitrogens with one attached hydrogen (secondary N) is 2. The summed E-state index contributed by atoms with van der Waals surface area (Å²) in [4.78, 5) is 28.5. The van der Waals surface area contributed by atoms with Crippen LogP contribution in [-0.2, 0) is 22.6 Å². The molecule has 2 N–H and O–H groups in total. The van der Waals surface area contributed by atoms with Gasteiger partial charge in [0.15, 0.2) is 0 Å². The SMILES string of the molecule is CC(=O)N[C@@H]1CCC[C@H](C(=O)Nc2cc(-c3cnn4c3CC(C)(C)C4)c(Cl)cn2)C1.Cl. The molecule has 0 spiro atoms. The van der Waals surface area contributed by atoms with E-state index in [9.17, 15) is 9.59 Å². The lowest BCUT2D eigenvalue weighted by molar-refractivity contribution is -0.123. The van der Waals surface area contributed by atoms with E-state index in [1.807, 2.05) is 16.9 Å². The number of nitrogens with zero attached hydrogens (tertiary/aromatic N) is 3. The van der Waals surface area contributed by atoms with Crippen LogP contribution >= 0.6 is 24.0 Å². The molecular formula is C22H29Cl2N5O2. The molecule has 168 valence electrons. The molecule has 0 unspecified atom stereocenters. The van der Waals surface area contributed by atoms with Crippen molar-refractivity contribution in [1.29, 1.82) is 0 Å². The number of carbonyl (C=O) groups excluding carboxylic acids is 2. The van der Waals surface area contributed by atoms with Crippen molar-refractivity contribution in [3.63, 3.8) is 0 Å². The second kappa shape index (κ2) is 9.17. The van der Waals surface area contributed by atoms with Gasteiger partial charge in [0.1, 0.15) is 5.82 Å². The zero-order valence-corrected chi connectivity index (χ0v) is 19.6. The maximum Gasteiger partial charge on any atom is 0.228 e. The Balaban J connectivity index is 0.00000272. The van der Waals surface area contributed by atoms with Gasteiger partial charge in [-0.05, 0) is 37.2 Å². The molecule has 2 aromatic rings. The molecule has 0 bridgehead atoms. The van der Waals surface area contributed by atoms with Gasteiger partial charge in [-0.3, -0.25) is 14.3 Å². The summed E-state index contributed by atoms with van der Waals surface area (Å²) in [6.45, 7) is 6.84. The molecule has 0 radical (unpaired) electrons. The molecular weight excluding hydrogens is 437 g/mol. The lowest BCUT2D eigenvalue weighted by Crippen LogP contribution is -2.40. The molecule has 7 nitrogen and oxygen atoms in total. The Labute approximate surface area is 193 Å². The highest BCUT2D eigenvalue weighted by atomic mass is 35.5. The van der Waals surface area contributed by atoms with Crippen molar-refractivity contribution in [1.82, 2.24) is 20.1 Å². The molecule has 2 amide bonds. The van der Waals surface area contributed by atoms with Crippen molar-refractivity contribution < 1.29 is 9.59 Å². The number of pyridine rings is 1. The topological polar surface area (TPSA) is 88.9 Å². The van der Waals surface area contributed by atoms with E-state index in [4.69, 9.17) is 11.6 Å². The van der Waals surface area contributed by atoms with Crippen LogP contribution in [0.2, 0.25) is 5.02 Å². The lowest BCUT2D eigenvalue weighted by atomic mass is 9.85. The van der Waals surface area contributed by atoms with E-state index in [0.29, 0.717) is 17.3 Å². The van der Waals surface area contributed by atoms with Crippen molar-refractivity contribution in [3.8, 4) is 11.1 Å². The van der Waals surface area contributed by atoms with E-state index in [-0.39, 0.29) is 41.6 Å². The Bertz CT molecular complexity index is 988. The van der Waals surface area contributed by atoms with Crippen molar-refractivity contribution in [2.24, 2.45) is 11.3 Å². The molecule has 1 aliphatic heterocycles. The molecule has 31 heavy (non-hydrogen) atoms. The minimum absolute atomic E-state index is 0. The van der Waals surface area contributed by atoms with Gasteiger partial charge >= 0.3 is 0 Å². The number of hydrogen-bond acceptors (Lipinski definition) is 4. The normalized spacial score (nSPS) is 21.7. The first-order valence-corrected chi connectivity index (χ1v) is 10.9. The number of hydrogen-bond donors (Lipinski definition) is 2. The van der Waals surface area contributed by atoms with Gasteiger partial charge in [-0.25, -0.2) is 4.98 Å². The Morgan fingerprint density at radius 3 is 2.74 bits per heavy atom. The summed E-state index contributed by atoms with van der Waals surface area (Å²) in [6.07, 6.45) is 7.65. The van der Waals surface area contributed by atoms with Gasteiger partial charge in [-0.1, -0.05) is 31.9 Å². The minimum atomic E-state index is -0.141. The highest BCUT2D eigenvalue weighted by Gasteiger charge is 2.32. The van der Waals surface area contributed by atoms with Crippen molar-refractivity contribution in [3.05, 3.63) is 29.2 Å². The molecule has 2 aliphatic rings. The molecule has 2 aromatic heterocycles. The number of rotatable bonds is 4. The predicted molar refractivity (Wildman–Crippen MR) is 123 cm³/mol. The van der Waals surface area contributed by atoms with Gasteiger partial charge in [0.05, 0.1) is 11.2 Å². The molecule has 9 heteroatoms. The van der Waals surface area contributed by atoms with E-state index >= 15 is 0 Å². The molecule has 1 saturated carbocycles. The average molecular weight is 466 g/mol. The third-order valence-corrected chi connectivity index (χ3v) is 6.32. The highest BCUT2D eigenvalue weighted by Crippen LogP contribution is 2.39. The second-order valence-electron chi connectivity index (χ2n) is 9.30. The van der Waals surface area contributed by atoms with Crippen LogP contribution in [0.25, 0.3) is 11.1 Å². The van der Waals surface area contributed by atoms with E-state index in [1.165, 1.54) is 6.92 Å². The summed E-state index contributed by atoms with van der Waals surface area (Å²) in [5.41, 5.74) is 3.16. The van der Waals surface area contributed by atoms with Crippen molar-refractivity contribution in [2.45, 2.75) is 65.5 Å². The third-order valence-electron chi connectivity index (χ3n) is 6.02. The first-order chi connectivity index (χ1) is 14.2. The van der Waals surface area contributed by atoms with E-state index in [1.54, 1.807) is 6.20 Å². The van der Waals surface area contributed by atoms with Gasteiger partial charge in [-0.15, -0.1) is 12.4 Å². The summed E-state index contributed by atoms with van der Waals surface area (Å²) >= 11 is 6.46. The lowest BCUT2D eigenvalue weighted by Gasteiger charge is -2.28. The van der Waals surface area contributed by atoms with E-state index < -0.39 is 0 Å². The largest absolute Gasteiger partial charge is 0.354 e. The van der Waals surface area contributed by atoms with Crippen LogP contribution < -0.4 is 10.6 Å².